The smallest absolute Gasteiger partial charge is 0.322 e. The maximum Gasteiger partial charge on any atom is 0.322 e. The number of rotatable bonds is 17. The van der Waals surface area contributed by atoms with Gasteiger partial charge in [0.2, 0.25) is 0 Å². The molecule has 0 aromatic heterocycles. The molecule has 0 saturated carbocycles. The topological polar surface area (TPSA) is 60.0 Å². The van der Waals surface area contributed by atoms with Crippen LogP contribution in [0.25, 0.3) is 0 Å². The number of amides is 2. The molecule has 4 aromatic carbocycles. The molecule has 0 atom stereocenters. The Morgan fingerprint density at radius 3 is 2.12 bits per heavy atom. The zero-order valence-corrected chi connectivity index (χ0v) is 30.9. The normalized spacial score (nSPS) is 11.6. The van der Waals surface area contributed by atoms with E-state index in [9.17, 15) is 4.79 Å². The van der Waals surface area contributed by atoms with Crippen LogP contribution < -0.4 is 19.5 Å². The molecule has 0 radical (unpaired) electrons. The van der Waals surface area contributed by atoms with Crippen LogP contribution in [0.1, 0.15) is 95.0 Å². The zero-order chi connectivity index (χ0) is 35.4. The molecule has 1 N–H and O–H groups in total. The number of unbranched alkanes of at least 4 members (excludes halogenated alkanes) is 1. The summed E-state index contributed by atoms with van der Waals surface area (Å²) in [6.45, 7) is 17.7. The fourth-order valence-corrected chi connectivity index (χ4v) is 5.63. The summed E-state index contributed by atoms with van der Waals surface area (Å²) in [4.78, 5) is 15.6. The number of hydrogen-bond donors (Lipinski definition) is 1. The number of urea groups is 1. The van der Waals surface area contributed by atoms with Crippen molar-refractivity contribution in [1.82, 2.24) is 4.90 Å². The minimum atomic E-state index is -0.140. The second-order valence-corrected chi connectivity index (χ2v) is 14.2. The second-order valence-electron chi connectivity index (χ2n) is 14.2. The molecule has 262 valence electrons. The number of nitrogens with one attached hydrogen (secondary N) is 1. The lowest BCUT2D eigenvalue weighted by Crippen LogP contribution is -2.35. The Labute approximate surface area is 294 Å². The minimum Gasteiger partial charge on any atom is -0.493 e. The molecule has 2 amide bonds. The maximum atomic E-state index is 13.7. The number of benzene rings is 4. The van der Waals surface area contributed by atoms with Crippen LogP contribution in [0, 0.1) is 6.92 Å². The van der Waals surface area contributed by atoms with Gasteiger partial charge < -0.3 is 24.4 Å². The van der Waals surface area contributed by atoms with Gasteiger partial charge in [-0.1, -0.05) is 108 Å². The van der Waals surface area contributed by atoms with E-state index in [4.69, 9.17) is 14.2 Å². The number of ether oxygens (including phenoxy) is 3. The van der Waals surface area contributed by atoms with Crippen molar-refractivity contribution in [3.63, 3.8) is 0 Å². The number of carbonyl (C=O) groups is 1. The third kappa shape index (κ3) is 10.3. The maximum absolute atomic E-state index is 13.7. The lowest BCUT2D eigenvalue weighted by atomic mass is 9.76. The predicted octanol–water partition coefficient (Wildman–Crippen LogP) is 10.9. The number of hydrogen-bond acceptors (Lipinski definition) is 4. The van der Waals surface area contributed by atoms with Gasteiger partial charge in [-0.25, -0.2) is 4.79 Å². The van der Waals surface area contributed by atoms with Gasteiger partial charge in [-0.05, 0) is 90.0 Å². The molecule has 6 heteroatoms. The van der Waals surface area contributed by atoms with E-state index >= 15 is 0 Å². The van der Waals surface area contributed by atoms with Gasteiger partial charge in [0.1, 0.15) is 12.4 Å². The van der Waals surface area contributed by atoms with Crippen molar-refractivity contribution in [2.24, 2.45) is 0 Å². The Hall–Kier alpha value is -4.45. The van der Waals surface area contributed by atoms with Crippen molar-refractivity contribution in [3.8, 4) is 17.2 Å². The largest absolute Gasteiger partial charge is 0.493 e. The third-order valence-electron chi connectivity index (χ3n) is 9.85. The molecule has 4 rings (SSSR count). The van der Waals surface area contributed by atoms with E-state index in [1.165, 1.54) is 11.1 Å². The summed E-state index contributed by atoms with van der Waals surface area (Å²) in [6.07, 6.45) is 3.71. The first kappa shape index (κ1) is 37.4. The van der Waals surface area contributed by atoms with Crippen LogP contribution in [0.2, 0.25) is 0 Å². The lowest BCUT2D eigenvalue weighted by Gasteiger charge is -2.30. The van der Waals surface area contributed by atoms with Crippen molar-refractivity contribution in [1.29, 1.82) is 0 Å². The van der Waals surface area contributed by atoms with Crippen molar-refractivity contribution in [2.45, 2.75) is 98.1 Å². The molecule has 0 aliphatic heterocycles. The van der Waals surface area contributed by atoms with Crippen molar-refractivity contribution in [3.05, 3.63) is 119 Å². The average molecular weight is 665 g/mol. The summed E-state index contributed by atoms with van der Waals surface area (Å²) in [5.41, 5.74) is 6.58. The number of para-hydroxylation sites is 1. The molecule has 0 heterocycles. The van der Waals surface area contributed by atoms with E-state index in [0.29, 0.717) is 37.8 Å². The Morgan fingerprint density at radius 2 is 1.43 bits per heavy atom. The predicted molar refractivity (Wildman–Crippen MR) is 202 cm³/mol. The SMILES string of the molecule is CCC(C)(C)c1ccc(OCCCCN(Cc2ccc(OC)c(OCc3ccccc3)c2)C(=O)Nc2ccccc2C)c(C(C)(C)CC)c1. The van der Waals surface area contributed by atoms with Crippen molar-refractivity contribution >= 4 is 11.7 Å². The summed E-state index contributed by atoms with van der Waals surface area (Å²) in [7, 11) is 1.64. The summed E-state index contributed by atoms with van der Waals surface area (Å²) in [5, 5.41) is 3.13. The third-order valence-corrected chi connectivity index (χ3v) is 9.85. The molecule has 0 aliphatic rings. The van der Waals surface area contributed by atoms with E-state index < -0.39 is 0 Å². The first-order chi connectivity index (χ1) is 23.5. The number of aryl methyl sites for hydroxylation is 1. The molecule has 6 nitrogen and oxygen atoms in total. The Balaban J connectivity index is 1.46. The van der Waals surface area contributed by atoms with E-state index in [1.807, 2.05) is 84.6 Å². The van der Waals surface area contributed by atoms with Crippen LogP contribution in [0.5, 0.6) is 17.2 Å². The highest BCUT2D eigenvalue weighted by atomic mass is 16.5. The molecular weight excluding hydrogens is 608 g/mol. The number of nitrogens with zero attached hydrogens (tertiary/aromatic N) is 1. The first-order valence-electron chi connectivity index (χ1n) is 17.7. The molecule has 0 saturated heterocycles. The average Bonchev–Trinajstić information content (AvgIpc) is 3.11. The molecule has 0 spiro atoms. The molecule has 49 heavy (non-hydrogen) atoms. The Bertz CT molecular complexity index is 1650. The van der Waals surface area contributed by atoms with E-state index in [1.54, 1.807) is 7.11 Å². The highest BCUT2D eigenvalue weighted by Gasteiger charge is 2.26. The molecule has 0 unspecified atom stereocenters. The molecular formula is C43H56N2O4. The van der Waals surface area contributed by atoms with Crippen LogP contribution in [0.4, 0.5) is 10.5 Å². The van der Waals surface area contributed by atoms with E-state index in [0.717, 1.165) is 53.8 Å². The number of anilines is 1. The van der Waals surface area contributed by atoms with Gasteiger partial charge in [0.25, 0.3) is 0 Å². The van der Waals surface area contributed by atoms with Gasteiger partial charge >= 0.3 is 6.03 Å². The lowest BCUT2D eigenvalue weighted by molar-refractivity contribution is 0.205. The summed E-state index contributed by atoms with van der Waals surface area (Å²) in [6, 6.07) is 30.4. The fraction of sp³-hybridized carbons (Fsp3) is 0.419. The molecule has 0 bridgehead atoms. The number of carbonyl (C=O) groups excluding carboxylic acids is 1. The van der Waals surface area contributed by atoms with Crippen LogP contribution in [0.15, 0.2) is 91.0 Å². The van der Waals surface area contributed by atoms with Crippen LogP contribution in [-0.2, 0) is 24.0 Å². The Morgan fingerprint density at radius 1 is 0.735 bits per heavy atom. The monoisotopic (exact) mass is 664 g/mol. The summed E-state index contributed by atoms with van der Waals surface area (Å²) < 4.78 is 18.2. The zero-order valence-electron chi connectivity index (χ0n) is 30.9. The van der Waals surface area contributed by atoms with Crippen LogP contribution in [-0.4, -0.2) is 31.2 Å². The van der Waals surface area contributed by atoms with E-state index in [2.05, 4.69) is 65.1 Å². The van der Waals surface area contributed by atoms with Crippen LogP contribution >= 0.6 is 0 Å². The van der Waals surface area contributed by atoms with Crippen molar-refractivity contribution in [2.75, 3.05) is 25.6 Å². The minimum absolute atomic E-state index is 0.00164. The fourth-order valence-electron chi connectivity index (χ4n) is 5.63. The standard InChI is InChI=1S/C43H56N2O4/c1-9-42(4,5)35-23-25-38(36(29-35)43(6,7)10-2)48-27-17-16-26-45(41(46)44-37-21-15-14-18-32(37)3)30-34-22-24-39(47-8)40(28-34)49-31-33-19-12-11-13-20-33/h11-15,18-25,28-29H,9-10,16-17,26-27,30-31H2,1-8H3,(H,44,46). The Kier molecular flexibility index (Phi) is 13.2. The van der Waals surface area contributed by atoms with Crippen LogP contribution in [0.3, 0.4) is 0 Å². The van der Waals surface area contributed by atoms with Gasteiger partial charge in [-0.3, -0.25) is 0 Å². The van der Waals surface area contributed by atoms with Gasteiger partial charge in [-0.2, -0.15) is 0 Å². The quantitative estimate of drug-likeness (QED) is 0.114. The van der Waals surface area contributed by atoms with Gasteiger partial charge in [-0.15, -0.1) is 0 Å². The van der Waals surface area contributed by atoms with E-state index in [-0.39, 0.29) is 16.9 Å². The summed E-state index contributed by atoms with van der Waals surface area (Å²) >= 11 is 0. The van der Waals surface area contributed by atoms with Gasteiger partial charge in [0.15, 0.2) is 11.5 Å². The molecule has 0 fully saturated rings. The first-order valence-corrected chi connectivity index (χ1v) is 17.7. The highest BCUT2D eigenvalue weighted by Crippen LogP contribution is 2.38. The highest BCUT2D eigenvalue weighted by molar-refractivity contribution is 5.90. The molecule has 0 aliphatic carbocycles. The summed E-state index contributed by atoms with van der Waals surface area (Å²) in [5.74, 6) is 2.26. The molecule has 4 aromatic rings. The van der Waals surface area contributed by atoms with Gasteiger partial charge in [0.05, 0.1) is 13.7 Å². The number of methoxy groups -OCH3 is 1. The second kappa shape index (κ2) is 17.3. The van der Waals surface area contributed by atoms with Gasteiger partial charge in [0, 0.05) is 24.3 Å². The van der Waals surface area contributed by atoms with Crippen molar-refractivity contribution < 1.29 is 19.0 Å².